The maximum absolute atomic E-state index is 13.2. The quantitative estimate of drug-likeness (QED) is 0.0245. The Kier molecular flexibility index (Phi) is 50.5. The highest BCUT2D eigenvalue weighted by atomic mass is 16.5. The first-order chi connectivity index (χ1) is 31.5. The molecule has 3 atom stereocenters. The lowest BCUT2D eigenvalue weighted by Gasteiger charge is -2.24. The van der Waals surface area contributed by atoms with E-state index < -0.39 is 18.2 Å². The van der Waals surface area contributed by atoms with Crippen molar-refractivity contribution >= 4 is 11.9 Å². The molecular formula is C58H109NO5. The molecule has 0 aromatic carbocycles. The van der Waals surface area contributed by atoms with Crippen LogP contribution in [0.2, 0.25) is 0 Å². The highest BCUT2D eigenvalue weighted by Gasteiger charge is 2.24. The van der Waals surface area contributed by atoms with Gasteiger partial charge in [0, 0.05) is 6.42 Å². The Labute approximate surface area is 398 Å². The number of hydrogen-bond acceptors (Lipinski definition) is 5. The van der Waals surface area contributed by atoms with Crippen molar-refractivity contribution in [3.8, 4) is 0 Å². The molecule has 1 amide bonds. The number of amides is 1. The molecule has 0 aromatic rings. The number of carbonyl (C=O) groups is 2. The Bertz CT molecular complexity index is 1060. The number of carbonyl (C=O) groups excluding carboxylic acids is 2. The number of aliphatic hydroxyl groups excluding tert-OH is 2. The third kappa shape index (κ3) is 46.6. The largest absolute Gasteiger partial charge is 0.462 e. The van der Waals surface area contributed by atoms with Gasteiger partial charge in [0.15, 0.2) is 0 Å². The van der Waals surface area contributed by atoms with Gasteiger partial charge < -0.3 is 20.3 Å². The molecule has 64 heavy (non-hydrogen) atoms. The second-order valence-corrected chi connectivity index (χ2v) is 19.4. The predicted molar refractivity (Wildman–Crippen MR) is 278 cm³/mol. The molecule has 0 aliphatic carbocycles. The number of unbranched alkanes of at least 4 members (excludes halogenated alkanes) is 34. The van der Waals surface area contributed by atoms with Crippen molar-refractivity contribution in [3.05, 3.63) is 36.5 Å². The van der Waals surface area contributed by atoms with Gasteiger partial charge in [-0.15, -0.1) is 0 Å². The number of nitrogens with one attached hydrogen (secondary N) is 1. The summed E-state index contributed by atoms with van der Waals surface area (Å²) in [5, 5.41) is 23.8. The van der Waals surface area contributed by atoms with Crippen LogP contribution < -0.4 is 5.32 Å². The first-order valence-corrected chi connectivity index (χ1v) is 28.2. The number of ether oxygens (including phenoxy) is 1. The van der Waals surface area contributed by atoms with Gasteiger partial charge in [-0.2, -0.15) is 0 Å². The summed E-state index contributed by atoms with van der Waals surface area (Å²) in [6, 6.07) is -0.716. The minimum atomic E-state index is -0.799. The molecule has 0 heterocycles. The third-order valence-corrected chi connectivity index (χ3v) is 13.0. The Hall–Kier alpha value is -1.92. The number of esters is 1. The number of hydrogen-bond donors (Lipinski definition) is 3. The van der Waals surface area contributed by atoms with Crippen LogP contribution in [0, 0.1) is 0 Å². The normalized spacial score (nSPS) is 13.4. The monoisotopic (exact) mass is 900 g/mol. The third-order valence-electron chi connectivity index (χ3n) is 13.0. The molecule has 376 valence electrons. The van der Waals surface area contributed by atoms with E-state index >= 15 is 0 Å². The lowest BCUT2D eigenvalue weighted by Crippen LogP contribution is -2.46. The fourth-order valence-electron chi connectivity index (χ4n) is 8.66. The molecule has 3 N–H and O–H groups in total. The zero-order chi connectivity index (χ0) is 46.7. The molecule has 0 radical (unpaired) electrons. The van der Waals surface area contributed by atoms with Gasteiger partial charge in [-0.3, -0.25) is 9.59 Å². The van der Waals surface area contributed by atoms with Crippen LogP contribution in [0.3, 0.4) is 0 Å². The molecule has 0 fully saturated rings. The summed E-state index contributed by atoms with van der Waals surface area (Å²) in [5.41, 5.74) is 0. The minimum Gasteiger partial charge on any atom is -0.462 e. The van der Waals surface area contributed by atoms with Crippen molar-refractivity contribution in [2.75, 3.05) is 6.61 Å². The predicted octanol–water partition coefficient (Wildman–Crippen LogP) is 17.2. The molecule has 6 nitrogen and oxygen atoms in total. The van der Waals surface area contributed by atoms with Gasteiger partial charge in [0.2, 0.25) is 5.91 Å². The van der Waals surface area contributed by atoms with E-state index in [1.807, 2.05) is 0 Å². The fraction of sp³-hybridized carbons (Fsp3) is 0.862. The highest BCUT2D eigenvalue weighted by molar-refractivity contribution is 5.77. The fourth-order valence-corrected chi connectivity index (χ4v) is 8.66. The van der Waals surface area contributed by atoms with Crippen LogP contribution in [0.4, 0.5) is 0 Å². The molecule has 0 aliphatic rings. The smallest absolute Gasteiger partial charge is 0.306 e. The van der Waals surface area contributed by atoms with Crippen molar-refractivity contribution in [3.63, 3.8) is 0 Å². The first-order valence-electron chi connectivity index (χ1n) is 28.2. The lowest BCUT2D eigenvalue weighted by molar-refractivity contribution is -0.151. The number of aliphatic hydroxyl groups is 2. The van der Waals surface area contributed by atoms with Gasteiger partial charge in [0.05, 0.1) is 25.2 Å². The molecule has 0 aliphatic heterocycles. The van der Waals surface area contributed by atoms with Gasteiger partial charge in [0.1, 0.15) is 6.10 Å². The Morgan fingerprint density at radius 2 is 0.812 bits per heavy atom. The summed E-state index contributed by atoms with van der Waals surface area (Å²) in [6.45, 7) is 6.49. The zero-order valence-electron chi connectivity index (χ0n) is 42.9. The van der Waals surface area contributed by atoms with Gasteiger partial charge >= 0.3 is 5.97 Å². The topological polar surface area (TPSA) is 95.9 Å². The van der Waals surface area contributed by atoms with Crippen LogP contribution >= 0.6 is 0 Å². The standard InChI is InChI=1S/C58H109NO5/c1-4-7-10-13-16-19-22-25-27-28-29-30-33-36-39-42-45-48-51-58(63)64-54(49-46-43-40-37-34-32-26-23-20-17-14-11-8-5-2)52-57(62)59-55(53-60)56(61)50-47-44-41-38-35-31-24-21-18-15-12-9-6-3/h29-30,32,34,37,40,54-56,60-61H,4-28,31,33,35-36,38-39,41-53H2,1-3H3,(H,59,62)/b30-29+,34-32+,40-37+. The van der Waals surface area contributed by atoms with E-state index in [0.717, 1.165) is 64.2 Å². The molecular weight excluding hydrogens is 791 g/mol. The Morgan fingerprint density at radius 1 is 0.453 bits per heavy atom. The van der Waals surface area contributed by atoms with Crippen LogP contribution in [0.1, 0.15) is 297 Å². The minimum absolute atomic E-state index is 0.0441. The molecule has 0 saturated heterocycles. The molecule has 0 saturated carbocycles. The highest BCUT2D eigenvalue weighted by Crippen LogP contribution is 2.17. The maximum Gasteiger partial charge on any atom is 0.306 e. The molecule has 0 bridgehead atoms. The summed E-state index contributed by atoms with van der Waals surface area (Å²) >= 11 is 0. The summed E-state index contributed by atoms with van der Waals surface area (Å²) < 4.78 is 5.92. The molecule has 0 aromatic heterocycles. The van der Waals surface area contributed by atoms with Crippen molar-refractivity contribution in [1.29, 1.82) is 0 Å². The number of allylic oxidation sites excluding steroid dienone is 6. The van der Waals surface area contributed by atoms with E-state index in [2.05, 4.69) is 62.5 Å². The lowest BCUT2D eigenvalue weighted by atomic mass is 10.0. The average molecular weight is 901 g/mol. The summed E-state index contributed by atoms with van der Waals surface area (Å²) in [5.74, 6) is -0.519. The molecule has 3 unspecified atom stereocenters. The summed E-state index contributed by atoms with van der Waals surface area (Å²) in [7, 11) is 0. The van der Waals surface area contributed by atoms with E-state index in [4.69, 9.17) is 4.74 Å². The van der Waals surface area contributed by atoms with Gasteiger partial charge in [-0.05, 0) is 70.6 Å². The number of rotatable bonds is 51. The van der Waals surface area contributed by atoms with Crippen LogP contribution in [0.15, 0.2) is 36.5 Å². The van der Waals surface area contributed by atoms with Gasteiger partial charge in [-0.1, -0.05) is 250 Å². The van der Waals surface area contributed by atoms with Crippen LogP contribution in [0.25, 0.3) is 0 Å². The van der Waals surface area contributed by atoms with Crippen molar-refractivity contribution < 1.29 is 24.5 Å². The SMILES string of the molecule is CCCCCCCCC/C=C/C=C/CCCC(CC(=O)NC(CO)C(O)CCCCCCCCCCCCCCC)OC(=O)CCCCCCC/C=C/CCCCCCCCCCC. The van der Waals surface area contributed by atoms with E-state index in [-0.39, 0.29) is 24.9 Å². The maximum atomic E-state index is 13.2. The van der Waals surface area contributed by atoms with E-state index in [0.29, 0.717) is 19.3 Å². The van der Waals surface area contributed by atoms with E-state index in [9.17, 15) is 19.8 Å². The van der Waals surface area contributed by atoms with Gasteiger partial charge in [-0.25, -0.2) is 0 Å². The van der Waals surface area contributed by atoms with Crippen LogP contribution in [0.5, 0.6) is 0 Å². The average Bonchev–Trinajstić information content (AvgIpc) is 3.29. The van der Waals surface area contributed by atoms with Crippen LogP contribution in [-0.2, 0) is 14.3 Å². The van der Waals surface area contributed by atoms with E-state index in [1.54, 1.807) is 0 Å². The Balaban J connectivity index is 4.59. The van der Waals surface area contributed by atoms with E-state index in [1.165, 1.54) is 186 Å². The van der Waals surface area contributed by atoms with Crippen molar-refractivity contribution in [2.24, 2.45) is 0 Å². The zero-order valence-corrected chi connectivity index (χ0v) is 42.9. The first kappa shape index (κ1) is 62.1. The van der Waals surface area contributed by atoms with Crippen molar-refractivity contribution in [2.45, 2.75) is 315 Å². The molecule has 6 heteroatoms. The second kappa shape index (κ2) is 52.1. The molecule has 0 spiro atoms. The Morgan fingerprint density at radius 3 is 1.23 bits per heavy atom. The summed E-state index contributed by atoms with van der Waals surface area (Å²) in [4.78, 5) is 26.2. The van der Waals surface area contributed by atoms with Crippen LogP contribution in [-0.4, -0.2) is 46.9 Å². The second-order valence-electron chi connectivity index (χ2n) is 19.4. The summed E-state index contributed by atoms with van der Waals surface area (Å²) in [6.07, 6.45) is 62.1. The van der Waals surface area contributed by atoms with Crippen molar-refractivity contribution in [1.82, 2.24) is 5.32 Å². The molecule has 0 rings (SSSR count). The van der Waals surface area contributed by atoms with Gasteiger partial charge in [0.25, 0.3) is 0 Å².